The van der Waals surface area contributed by atoms with Crippen molar-refractivity contribution < 1.29 is 27.5 Å². The van der Waals surface area contributed by atoms with E-state index < -0.39 is 34.0 Å². The molecule has 2 aromatic rings. The molecule has 1 N–H and O–H groups in total. The van der Waals surface area contributed by atoms with Crippen LogP contribution in [0.2, 0.25) is 0 Å². The number of nitrogens with zero attached hydrogens (tertiary/aromatic N) is 4. The molecule has 1 atom stereocenters. The Morgan fingerprint density at radius 2 is 1.80 bits per heavy atom. The van der Waals surface area contributed by atoms with Crippen LogP contribution in [0, 0.1) is 11.8 Å². The normalized spacial score (nSPS) is 22.0. The fourth-order valence-electron chi connectivity index (χ4n) is 4.42. The van der Waals surface area contributed by atoms with Crippen molar-refractivity contribution in [2.24, 2.45) is 11.8 Å². The molecular formula is C23H27N5O6S. The topological polar surface area (TPSA) is 139 Å². The molecule has 2 aliphatic rings. The van der Waals surface area contributed by atoms with Crippen LogP contribution in [0.4, 0.5) is 10.7 Å². The van der Waals surface area contributed by atoms with E-state index in [1.807, 2.05) is 0 Å². The molecule has 12 heteroatoms. The Kier molecular flexibility index (Phi) is 7.29. The average Bonchev–Trinajstić information content (AvgIpc) is 3.21. The van der Waals surface area contributed by atoms with Crippen LogP contribution in [0.5, 0.6) is 0 Å². The highest BCUT2D eigenvalue weighted by molar-refractivity contribution is 7.89. The van der Waals surface area contributed by atoms with Gasteiger partial charge >= 0.3 is 12.0 Å². The predicted octanol–water partition coefficient (Wildman–Crippen LogP) is 1.89. The Morgan fingerprint density at radius 1 is 1.11 bits per heavy atom. The van der Waals surface area contributed by atoms with E-state index >= 15 is 0 Å². The van der Waals surface area contributed by atoms with Crippen molar-refractivity contribution in [3.8, 4) is 0 Å². The monoisotopic (exact) mass is 501 g/mol. The number of carbonyl (C=O) groups excluding carboxylic acids is 3. The summed E-state index contributed by atoms with van der Waals surface area (Å²) in [5.74, 6) is -0.833. The molecule has 11 nitrogen and oxygen atoms in total. The number of sulfonamides is 1. The first-order valence-electron chi connectivity index (χ1n) is 11.4. The second-order valence-corrected chi connectivity index (χ2v) is 10.4. The molecule has 4 rings (SSSR count). The molecule has 0 bridgehead atoms. The number of esters is 1. The minimum atomic E-state index is -4.35. The third-order valence-corrected chi connectivity index (χ3v) is 8.12. The number of hydrogen-bond acceptors (Lipinski definition) is 9. The number of imide groups is 1. The third-order valence-electron chi connectivity index (χ3n) is 6.32. The second-order valence-electron chi connectivity index (χ2n) is 8.56. The first-order chi connectivity index (χ1) is 16.8. The molecule has 3 amide bonds. The maximum atomic E-state index is 13.1. The Balaban J connectivity index is 1.35. The van der Waals surface area contributed by atoms with Crippen LogP contribution < -0.4 is 5.32 Å². The molecule has 0 spiro atoms. The Morgan fingerprint density at radius 3 is 2.46 bits per heavy atom. The molecule has 0 radical (unpaired) electrons. The van der Waals surface area contributed by atoms with Gasteiger partial charge in [-0.15, -0.1) is 0 Å². The summed E-state index contributed by atoms with van der Waals surface area (Å²) < 4.78 is 31.5. The largest absolute Gasteiger partial charge is 0.467 e. The minimum Gasteiger partial charge on any atom is -0.467 e. The van der Waals surface area contributed by atoms with Crippen LogP contribution >= 0.6 is 0 Å². The average molecular weight is 502 g/mol. The predicted molar refractivity (Wildman–Crippen MR) is 124 cm³/mol. The summed E-state index contributed by atoms with van der Waals surface area (Å²) in [5.41, 5.74) is 0. The highest BCUT2D eigenvalue weighted by Crippen LogP contribution is 2.39. The lowest BCUT2D eigenvalue weighted by molar-refractivity contribution is -0.144. The van der Waals surface area contributed by atoms with Crippen LogP contribution in [0.1, 0.15) is 25.7 Å². The van der Waals surface area contributed by atoms with Gasteiger partial charge in [0.25, 0.3) is 10.0 Å². The van der Waals surface area contributed by atoms with Gasteiger partial charge in [0.05, 0.1) is 18.6 Å². The van der Waals surface area contributed by atoms with Crippen LogP contribution in [0.3, 0.4) is 0 Å². The molecule has 1 aliphatic carbocycles. The molecule has 1 unspecified atom stereocenters. The van der Waals surface area contributed by atoms with Gasteiger partial charge < -0.3 is 10.1 Å². The Bertz CT molecular complexity index is 1170. The fraction of sp³-hybridized carbons (Fsp3) is 0.435. The van der Waals surface area contributed by atoms with Gasteiger partial charge in [-0.3, -0.25) is 9.69 Å². The molecule has 1 aromatic heterocycles. The molecular weight excluding hydrogens is 474 g/mol. The van der Waals surface area contributed by atoms with Crippen molar-refractivity contribution in [1.29, 1.82) is 0 Å². The molecule has 2 heterocycles. The number of aromatic nitrogens is 2. The first kappa shape index (κ1) is 24.6. The number of hydrogen-bond donors (Lipinski definition) is 1. The van der Waals surface area contributed by atoms with Crippen molar-refractivity contribution in [3.63, 3.8) is 0 Å². The van der Waals surface area contributed by atoms with Crippen molar-refractivity contribution in [2.75, 3.05) is 25.5 Å². The zero-order valence-electron chi connectivity index (χ0n) is 19.2. The standard InChI is InChI=1S/C23H27N5O6S/c1-34-21(30)19-15-27(23(31)28(19)35(32,33)18-8-3-2-4-9-18)20(29)17-13-16(14-17)7-5-10-24-22-25-11-6-12-26-22/h2-4,6,8-9,11-12,16-17,19H,5,7,10,13-15H2,1H3,(H,24,25,26). The second kappa shape index (κ2) is 10.4. The van der Waals surface area contributed by atoms with E-state index in [2.05, 4.69) is 15.3 Å². The van der Waals surface area contributed by atoms with Gasteiger partial charge in [-0.2, -0.15) is 0 Å². The summed E-state index contributed by atoms with van der Waals surface area (Å²) in [6.07, 6.45) is 6.32. The number of nitrogens with one attached hydrogen (secondary N) is 1. The molecule has 35 heavy (non-hydrogen) atoms. The highest BCUT2D eigenvalue weighted by Gasteiger charge is 2.53. The number of rotatable bonds is 9. The number of amides is 3. The number of urea groups is 1. The quantitative estimate of drug-likeness (QED) is 0.403. The molecule has 1 aliphatic heterocycles. The zero-order valence-corrected chi connectivity index (χ0v) is 20.1. The van der Waals surface area contributed by atoms with Gasteiger partial charge in [-0.05, 0) is 49.8 Å². The zero-order chi connectivity index (χ0) is 25.0. The number of anilines is 1. The minimum absolute atomic E-state index is 0.144. The van der Waals surface area contributed by atoms with Crippen LogP contribution in [-0.4, -0.2) is 71.7 Å². The van der Waals surface area contributed by atoms with Crippen LogP contribution in [0.25, 0.3) is 0 Å². The lowest BCUT2D eigenvalue weighted by Crippen LogP contribution is -2.46. The van der Waals surface area contributed by atoms with Gasteiger partial charge in [-0.25, -0.2) is 32.3 Å². The molecule has 2 fully saturated rings. The van der Waals surface area contributed by atoms with E-state index in [0.29, 0.717) is 35.6 Å². The van der Waals surface area contributed by atoms with Crippen molar-refractivity contribution >= 4 is 33.9 Å². The van der Waals surface area contributed by atoms with Crippen molar-refractivity contribution in [1.82, 2.24) is 19.2 Å². The summed E-state index contributed by atoms with van der Waals surface area (Å²) in [5, 5.41) is 3.14. The molecule has 1 saturated carbocycles. The first-order valence-corrected chi connectivity index (χ1v) is 12.8. The van der Waals surface area contributed by atoms with Gasteiger partial charge in [0.2, 0.25) is 11.9 Å². The lowest BCUT2D eigenvalue weighted by Gasteiger charge is -2.36. The Labute approximate surface area is 203 Å². The summed E-state index contributed by atoms with van der Waals surface area (Å²) in [6, 6.07) is 6.62. The van der Waals surface area contributed by atoms with Gasteiger partial charge in [0.1, 0.15) is 0 Å². The third kappa shape index (κ3) is 5.11. The molecule has 1 aromatic carbocycles. The number of ether oxygens (including phenoxy) is 1. The summed E-state index contributed by atoms with van der Waals surface area (Å²) in [7, 11) is -3.24. The lowest BCUT2D eigenvalue weighted by atomic mass is 9.72. The number of carbonyl (C=O) groups is 3. The van der Waals surface area contributed by atoms with E-state index in [9.17, 15) is 22.8 Å². The van der Waals surface area contributed by atoms with E-state index in [0.717, 1.165) is 24.9 Å². The highest BCUT2D eigenvalue weighted by atomic mass is 32.2. The van der Waals surface area contributed by atoms with Crippen molar-refractivity contribution in [2.45, 2.75) is 36.6 Å². The van der Waals surface area contributed by atoms with Gasteiger partial charge in [0, 0.05) is 24.9 Å². The maximum Gasteiger partial charge on any atom is 0.341 e. The fourth-order valence-corrected chi connectivity index (χ4v) is 5.94. The van der Waals surface area contributed by atoms with E-state index in [1.54, 1.807) is 24.5 Å². The number of benzene rings is 1. The molecule has 186 valence electrons. The maximum absolute atomic E-state index is 13.1. The molecule has 1 saturated heterocycles. The van der Waals surface area contributed by atoms with Crippen LogP contribution in [-0.2, 0) is 24.3 Å². The summed E-state index contributed by atoms with van der Waals surface area (Å²) in [6.45, 7) is 0.343. The van der Waals surface area contributed by atoms with Crippen LogP contribution in [0.15, 0.2) is 53.7 Å². The Hall–Kier alpha value is -3.54. The summed E-state index contributed by atoms with van der Waals surface area (Å²) in [4.78, 5) is 47.4. The van der Waals surface area contributed by atoms with Gasteiger partial charge in [-0.1, -0.05) is 18.2 Å². The van der Waals surface area contributed by atoms with Crippen molar-refractivity contribution in [3.05, 3.63) is 48.8 Å². The summed E-state index contributed by atoms with van der Waals surface area (Å²) >= 11 is 0. The van der Waals surface area contributed by atoms with Gasteiger partial charge in [0.15, 0.2) is 6.04 Å². The number of methoxy groups -OCH3 is 1. The van der Waals surface area contributed by atoms with E-state index in [1.165, 1.54) is 24.3 Å². The van der Waals surface area contributed by atoms with E-state index in [4.69, 9.17) is 4.74 Å². The SMILES string of the molecule is COC(=O)C1CN(C(=O)C2CC(CCCNc3ncccn3)C2)C(=O)N1S(=O)(=O)c1ccccc1. The smallest absolute Gasteiger partial charge is 0.341 e. The van der Waals surface area contributed by atoms with E-state index in [-0.39, 0.29) is 17.4 Å².